The average molecular weight is 290 g/mol. The molecule has 0 fully saturated rings. The van der Waals surface area contributed by atoms with E-state index in [2.05, 4.69) is 26.2 Å². The van der Waals surface area contributed by atoms with Gasteiger partial charge in [0.05, 0.1) is 0 Å². The van der Waals surface area contributed by atoms with Gasteiger partial charge in [0.1, 0.15) is 0 Å². The first kappa shape index (κ1) is 12.9. The van der Waals surface area contributed by atoms with Crippen molar-refractivity contribution in [2.75, 3.05) is 5.32 Å². The highest BCUT2D eigenvalue weighted by atomic mass is 79.9. The van der Waals surface area contributed by atoms with Gasteiger partial charge in [0, 0.05) is 22.6 Å². The average Bonchev–Trinajstić information content (AvgIpc) is 2.07. The number of carbonyl (C=O) groups is 1. The Hall–Kier alpha value is -1.17. The smallest absolute Gasteiger partial charge is 0.219 e. The first-order chi connectivity index (χ1) is 7.30. The number of nitrogens with two attached hydrogens (primary N) is 1. The van der Waals surface area contributed by atoms with Crippen LogP contribution in [0.25, 0.3) is 0 Å². The van der Waals surface area contributed by atoms with Crippen molar-refractivity contribution in [3.05, 3.63) is 22.6 Å². The van der Waals surface area contributed by atoms with E-state index in [0.717, 1.165) is 0 Å². The van der Waals surface area contributed by atoms with Crippen molar-refractivity contribution < 1.29 is 9.18 Å². The van der Waals surface area contributed by atoms with Crippen LogP contribution in [0.5, 0.6) is 0 Å². The van der Waals surface area contributed by atoms with E-state index in [1.54, 1.807) is 13.8 Å². The second-order valence-electron chi connectivity index (χ2n) is 4.14. The Kier molecular flexibility index (Phi) is 3.85. The van der Waals surface area contributed by atoms with Gasteiger partial charge in [-0.15, -0.1) is 0 Å². The molecule has 0 saturated carbocycles. The molecular formula is C10H13BrFN3O. The molecule has 1 amide bonds. The molecule has 0 aromatic carbocycles. The highest BCUT2D eigenvalue weighted by molar-refractivity contribution is 9.10. The molecule has 1 heterocycles. The minimum Gasteiger partial charge on any atom is -0.370 e. The number of nitrogens with zero attached hydrogens (tertiary/aromatic N) is 1. The maximum Gasteiger partial charge on any atom is 0.219 e. The highest BCUT2D eigenvalue weighted by Crippen LogP contribution is 2.21. The fraction of sp³-hybridized carbons (Fsp3) is 0.400. The van der Waals surface area contributed by atoms with Gasteiger partial charge in [-0.25, -0.2) is 9.37 Å². The summed E-state index contributed by atoms with van der Waals surface area (Å²) in [4.78, 5) is 14.7. The lowest BCUT2D eigenvalue weighted by Gasteiger charge is -2.25. The summed E-state index contributed by atoms with van der Waals surface area (Å²) < 4.78 is 14.0. The molecule has 0 aliphatic heterocycles. The molecule has 1 rings (SSSR count). The number of nitrogens with one attached hydrogen (secondary N) is 1. The third-order valence-corrected chi connectivity index (χ3v) is 2.31. The summed E-state index contributed by atoms with van der Waals surface area (Å²) >= 11 is 3.11. The lowest BCUT2D eigenvalue weighted by Crippen LogP contribution is -2.36. The monoisotopic (exact) mass is 289 g/mol. The Bertz CT molecular complexity index is 409. The van der Waals surface area contributed by atoms with E-state index >= 15 is 0 Å². The molecule has 0 aliphatic carbocycles. The van der Waals surface area contributed by atoms with E-state index in [1.165, 1.54) is 12.3 Å². The lowest BCUT2D eigenvalue weighted by molar-refractivity contribution is -0.118. The van der Waals surface area contributed by atoms with Crippen LogP contribution in [-0.2, 0) is 4.79 Å². The first-order valence-electron chi connectivity index (χ1n) is 4.68. The van der Waals surface area contributed by atoms with E-state index in [4.69, 9.17) is 5.73 Å². The molecule has 6 heteroatoms. The predicted molar refractivity (Wildman–Crippen MR) is 63.4 cm³/mol. The van der Waals surface area contributed by atoms with Gasteiger partial charge in [0.25, 0.3) is 0 Å². The van der Waals surface area contributed by atoms with E-state index < -0.39 is 17.3 Å². The summed E-state index contributed by atoms with van der Waals surface area (Å²) in [5.41, 5.74) is 4.46. The normalized spacial score (nSPS) is 11.2. The van der Waals surface area contributed by atoms with Crippen molar-refractivity contribution in [1.29, 1.82) is 0 Å². The van der Waals surface area contributed by atoms with Crippen LogP contribution in [0.3, 0.4) is 0 Å². The highest BCUT2D eigenvalue weighted by Gasteiger charge is 2.22. The largest absolute Gasteiger partial charge is 0.370 e. The number of primary amides is 1. The summed E-state index contributed by atoms with van der Waals surface area (Å²) in [5.74, 6) is -0.823. The summed E-state index contributed by atoms with van der Waals surface area (Å²) in [6, 6.07) is 1.30. The molecule has 0 saturated heterocycles. The first-order valence-corrected chi connectivity index (χ1v) is 5.47. The second kappa shape index (κ2) is 4.78. The van der Waals surface area contributed by atoms with Gasteiger partial charge in [-0.2, -0.15) is 0 Å². The van der Waals surface area contributed by atoms with Crippen molar-refractivity contribution in [3.8, 4) is 0 Å². The number of anilines is 1. The Morgan fingerprint density at radius 2 is 2.31 bits per heavy atom. The molecule has 1 aromatic rings. The number of rotatable bonds is 4. The molecule has 0 spiro atoms. The zero-order chi connectivity index (χ0) is 12.3. The molecule has 3 N–H and O–H groups in total. The maximum absolute atomic E-state index is 13.4. The number of pyridine rings is 1. The number of aromatic nitrogens is 1. The predicted octanol–water partition coefficient (Wildman–Crippen LogP) is 2.05. The summed E-state index contributed by atoms with van der Waals surface area (Å²) in [5, 5.41) is 2.84. The van der Waals surface area contributed by atoms with Crippen LogP contribution in [0.1, 0.15) is 20.3 Å². The number of halogens is 2. The Morgan fingerprint density at radius 3 is 2.81 bits per heavy atom. The minimum absolute atomic E-state index is 0.101. The summed E-state index contributed by atoms with van der Waals surface area (Å²) in [7, 11) is 0. The second-order valence-corrected chi connectivity index (χ2v) is 5.05. The number of carbonyl (C=O) groups excluding carboxylic acids is 1. The molecule has 0 bridgehead atoms. The molecule has 1 aromatic heterocycles. The number of hydrogen-bond donors (Lipinski definition) is 2. The third kappa shape index (κ3) is 3.77. The van der Waals surface area contributed by atoms with E-state index in [9.17, 15) is 9.18 Å². The van der Waals surface area contributed by atoms with Crippen molar-refractivity contribution in [1.82, 2.24) is 4.98 Å². The fourth-order valence-corrected chi connectivity index (χ4v) is 1.61. The van der Waals surface area contributed by atoms with Crippen LogP contribution in [-0.4, -0.2) is 16.4 Å². The van der Waals surface area contributed by atoms with Crippen LogP contribution in [0.2, 0.25) is 0 Å². The molecule has 4 nitrogen and oxygen atoms in total. The van der Waals surface area contributed by atoms with Crippen LogP contribution in [0.4, 0.5) is 10.2 Å². The Labute approximate surface area is 102 Å². The Morgan fingerprint density at radius 1 is 1.69 bits per heavy atom. The van der Waals surface area contributed by atoms with E-state index in [-0.39, 0.29) is 12.2 Å². The standard InChI is InChI=1S/C10H13BrFN3O/c1-10(2,4-8(13)16)15-9-7(12)3-6(11)5-14-9/h3,5H,4H2,1-2H3,(H2,13,16)(H,14,15). The number of amides is 1. The van der Waals surface area contributed by atoms with Gasteiger partial charge >= 0.3 is 0 Å². The summed E-state index contributed by atoms with van der Waals surface area (Å²) in [6.45, 7) is 3.50. The van der Waals surface area contributed by atoms with Crippen LogP contribution in [0, 0.1) is 5.82 Å². The molecule has 0 unspecified atom stereocenters. The maximum atomic E-state index is 13.4. The molecular weight excluding hydrogens is 277 g/mol. The van der Waals surface area contributed by atoms with Crippen LogP contribution < -0.4 is 11.1 Å². The lowest BCUT2D eigenvalue weighted by atomic mass is 10.0. The minimum atomic E-state index is -0.631. The van der Waals surface area contributed by atoms with Gasteiger partial charge in [-0.1, -0.05) is 0 Å². The molecule has 16 heavy (non-hydrogen) atoms. The van der Waals surface area contributed by atoms with Gasteiger partial charge in [-0.05, 0) is 35.8 Å². The van der Waals surface area contributed by atoms with Gasteiger partial charge in [0.15, 0.2) is 11.6 Å². The van der Waals surface area contributed by atoms with Crippen LogP contribution in [0.15, 0.2) is 16.7 Å². The van der Waals surface area contributed by atoms with Gasteiger partial charge in [-0.3, -0.25) is 4.79 Å². The SMILES string of the molecule is CC(C)(CC(N)=O)Nc1ncc(Br)cc1F. The molecule has 0 radical (unpaired) electrons. The number of hydrogen-bond acceptors (Lipinski definition) is 3. The zero-order valence-corrected chi connectivity index (χ0v) is 10.6. The topological polar surface area (TPSA) is 68.0 Å². The molecule has 88 valence electrons. The quantitative estimate of drug-likeness (QED) is 0.891. The van der Waals surface area contributed by atoms with Gasteiger partial charge in [0.2, 0.25) is 5.91 Å². The van der Waals surface area contributed by atoms with Crippen molar-refractivity contribution in [3.63, 3.8) is 0 Å². The summed E-state index contributed by atoms with van der Waals surface area (Å²) in [6.07, 6.45) is 1.58. The fourth-order valence-electron chi connectivity index (χ4n) is 1.31. The zero-order valence-electron chi connectivity index (χ0n) is 9.05. The van der Waals surface area contributed by atoms with Crippen molar-refractivity contribution in [2.45, 2.75) is 25.8 Å². The molecule has 0 aliphatic rings. The Balaban J connectivity index is 2.83. The van der Waals surface area contributed by atoms with Crippen molar-refractivity contribution >= 4 is 27.7 Å². The van der Waals surface area contributed by atoms with E-state index in [1.807, 2.05) is 0 Å². The van der Waals surface area contributed by atoms with Crippen molar-refractivity contribution in [2.24, 2.45) is 5.73 Å². The van der Waals surface area contributed by atoms with Crippen LogP contribution >= 0.6 is 15.9 Å². The van der Waals surface area contributed by atoms with E-state index in [0.29, 0.717) is 4.47 Å². The van der Waals surface area contributed by atoms with Gasteiger partial charge < -0.3 is 11.1 Å². The third-order valence-electron chi connectivity index (χ3n) is 1.88. The molecule has 0 atom stereocenters.